The van der Waals surface area contributed by atoms with Crippen LogP contribution in [-0.4, -0.2) is 24.5 Å². The standard InChI is InChI=1S/C13H16ClN3O2S/c1-9-13(10(2)16-15-9)20(18,19)17-12(8-14)11-6-4-3-5-7-11/h3-7,12,17H,8H2,1-2H3,(H,15,16). The molecule has 1 unspecified atom stereocenters. The Morgan fingerprint density at radius 2 is 1.95 bits per heavy atom. The summed E-state index contributed by atoms with van der Waals surface area (Å²) in [5, 5.41) is 6.58. The van der Waals surface area contributed by atoms with Crippen LogP contribution in [-0.2, 0) is 10.0 Å². The van der Waals surface area contributed by atoms with Crippen LogP contribution in [0.5, 0.6) is 0 Å². The zero-order valence-electron chi connectivity index (χ0n) is 11.2. The lowest BCUT2D eigenvalue weighted by Crippen LogP contribution is -2.30. The number of sulfonamides is 1. The van der Waals surface area contributed by atoms with Crippen molar-refractivity contribution in [2.75, 3.05) is 5.88 Å². The summed E-state index contributed by atoms with van der Waals surface area (Å²) in [4.78, 5) is 0.184. The van der Waals surface area contributed by atoms with E-state index in [0.717, 1.165) is 5.56 Å². The molecule has 1 heterocycles. The molecule has 0 aliphatic heterocycles. The Bertz CT molecular complexity index is 663. The van der Waals surface area contributed by atoms with Crippen molar-refractivity contribution in [3.8, 4) is 0 Å². The number of benzene rings is 1. The average Bonchev–Trinajstić information content (AvgIpc) is 2.77. The van der Waals surface area contributed by atoms with Gasteiger partial charge in [0.2, 0.25) is 10.0 Å². The SMILES string of the molecule is Cc1n[nH]c(C)c1S(=O)(=O)NC(CCl)c1ccccc1. The highest BCUT2D eigenvalue weighted by atomic mass is 35.5. The number of hydrogen-bond donors (Lipinski definition) is 2. The van der Waals surface area contributed by atoms with Gasteiger partial charge >= 0.3 is 0 Å². The number of hydrogen-bond acceptors (Lipinski definition) is 3. The van der Waals surface area contributed by atoms with Crippen molar-refractivity contribution in [2.24, 2.45) is 0 Å². The largest absolute Gasteiger partial charge is 0.281 e. The Labute approximate surface area is 123 Å². The van der Waals surface area contributed by atoms with Crippen molar-refractivity contribution in [3.63, 3.8) is 0 Å². The molecule has 2 aromatic rings. The van der Waals surface area contributed by atoms with Crippen LogP contribution >= 0.6 is 11.6 Å². The Hall–Kier alpha value is -1.37. The molecule has 20 heavy (non-hydrogen) atoms. The van der Waals surface area contributed by atoms with Crippen LogP contribution in [0.2, 0.25) is 0 Å². The Kier molecular flexibility index (Phi) is 4.47. The van der Waals surface area contributed by atoms with Crippen molar-refractivity contribution in [1.29, 1.82) is 0 Å². The second-order valence-corrected chi connectivity index (χ2v) is 6.46. The van der Waals surface area contributed by atoms with Gasteiger partial charge in [0.25, 0.3) is 0 Å². The molecule has 0 aliphatic rings. The molecule has 2 N–H and O–H groups in total. The quantitative estimate of drug-likeness (QED) is 0.832. The minimum absolute atomic E-state index is 0.152. The number of H-pyrrole nitrogens is 1. The normalized spacial score (nSPS) is 13.3. The van der Waals surface area contributed by atoms with Gasteiger partial charge in [0.05, 0.1) is 17.4 Å². The van der Waals surface area contributed by atoms with E-state index in [1.54, 1.807) is 13.8 Å². The van der Waals surface area contributed by atoms with Crippen molar-refractivity contribution in [3.05, 3.63) is 47.3 Å². The van der Waals surface area contributed by atoms with Crippen molar-refractivity contribution in [1.82, 2.24) is 14.9 Å². The predicted octanol–water partition coefficient (Wildman–Crippen LogP) is 2.28. The predicted molar refractivity (Wildman–Crippen MR) is 78.3 cm³/mol. The van der Waals surface area contributed by atoms with Crippen LogP contribution in [0.3, 0.4) is 0 Å². The fraction of sp³-hybridized carbons (Fsp3) is 0.308. The van der Waals surface area contributed by atoms with E-state index in [9.17, 15) is 8.42 Å². The molecule has 0 saturated carbocycles. The summed E-state index contributed by atoms with van der Waals surface area (Å²) in [6.45, 7) is 3.32. The first kappa shape index (κ1) is 15.0. The molecular formula is C13H16ClN3O2S. The molecular weight excluding hydrogens is 298 g/mol. The lowest BCUT2D eigenvalue weighted by molar-refractivity contribution is 0.566. The minimum atomic E-state index is -3.67. The molecule has 1 aromatic carbocycles. The van der Waals surface area contributed by atoms with Gasteiger partial charge in [-0.15, -0.1) is 11.6 Å². The van der Waals surface area contributed by atoms with Gasteiger partial charge in [-0.3, -0.25) is 5.10 Å². The number of rotatable bonds is 5. The molecule has 0 saturated heterocycles. The summed E-state index contributed by atoms with van der Waals surface area (Å²) in [6, 6.07) is 8.76. The van der Waals surface area contributed by atoms with Gasteiger partial charge < -0.3 is 0 Å². The number of nitrogens with zero attached hydrogens (tertiary/aromatic N) is 1. The second-order valence-electron chi connectivity index (χ2n) is 4.50. The van der Waals surface area contributed by atoms with Crippen molar-refractivity contribution in [2.45, 2.75) is 24.8 Å². The highest BCUT2D eigenvalue weighted by Crippen LogP contribution is 2.21. The van der Waals surface area contributed by atoms with E-state index in [4.69, 9.17) is 11.6 Å². The van der Waals surface area contributed by atoms with Gasteiger partial charge in [0, 0.05) is 5.88 Å². The molecule has 0 fully saturated rings. The maximum Gasteiger partial charge on any atom is 0.244 e. The lowest BCUT2D eigenvalue weighted by Gasteiger charge is -2.16. The molecule has 0 bridgehead atoms. The van der Waals surface area contributed by atoms with Gasteiger partial charge in [-0.25, -0.2) is 13.1 Å². The van der Waals surface area contributed by atoms with Crippen LogP contribution in [0.4, 0.5) is 0 Å². The van der Waals surface area contributed by atoms with E-state index in [1.807, 2.05) is 30.3 Å². The van der Waals surface area contributed by atoms with E-state index < -0.39 is 16.1 Å². The summed E-state index contributed by atoms with van der Waals surface area (Å²) in [5.74, 6) is 0.152. The summed E-state index contributed by atoms with van der Waals surface area (Å²) in [5.41, 5.74) is 1.78. The molecule has 0 aliphatic carbocycles. The molecule has 1 aromatic heterocycles. The Morgan fingerprint density at radius 1 is 1.30 bits per heavy atom. The van der Waals surface area contributed by atoms with E-state index in [1.165, 1.54) is 0 Å². The number of aryl methyl sites for hydroxylation is 2. The van der Waals surface area contributed by atoms with E-state index in [0.29, 0.717) is 11.4 Å². The van der Waals surface area contributed by atoms with Gasteiger partial charge in [-0.2, -0.15) is 5.10 Å². The number of aromatic amines is 1. The molecule has 1 atom stereocenters. The number of alkyl halides is 1. The van der Waals surface area contributed by atoms with E-state index in [-0.39, 0.29) is 10.8 Å². The first-order valence-corrected chi connectivity index (χ1v) is 8.12. The fourth-order valence-corrected chi connectivity index (χ4v) is 4.00. The first-order valence-electron chi connectivity index (χ1n) is 6.10. The van der Waals surface area contributed by atoms with Gasteiger partial charge in [-0.05, 0) is 19.4 Å². The molecule has 2 rings (SSSR count). The average molecular weight is 314 g/mol. The zero-order chi connectivity index (χ0) is 14.8. The summed E-state index contributed by atoms with van der Waals surface area (Å²) < 4.78 is 27.5. The van der Waals surface area contributed by atoms with E-state index in [2.05, 4.69) is 14.9 Å². The highest BCUT2D eigenvalue weighted by molar-refractivity contribution is 7.89. The first-order chi connectivity index (χ1) is 9.45. The summed E-state index contributed by atoms with van der Waals surface area (Å²) >= 11 is 5.90. The van der Waals surface area contributed by atoms with E-state index >= 15 is 0 Å². The molecule has 0 spiro atoms. The monoisotopic (exact) mass is 313 g/mol. The smallest absolute Gasteiger partial charge is 0.244 e. The Morgan fingerprint density at radius 3 is 2.45 bits per heavy atom. The molecule has 5 nitrogen and oxygen atoms in total. The summed E-state index contributed by atoms with van der Waals surface area (Å²) in [6.07, 6.45) is 0. The maximum atomic E-state index is 12.4. The topological polar surface area (TPSA) is 74.8 Å². The number of aromatic nitrogens is 2. The lowest BCUT2D eigenvalue weighted by atomic mass is 10.1. The third kappa shape index (κ3) is 3.03. The Balaban J connectivity index is 2.32. The van der Waals surface area contributed by atoms with Crippen LogP contribution < -0.4 is 4.72 Å². The fourth-order valence-electron chi connectivity index (χ4n) is 2.06. The third-order valence-electron chi connectivity index (χ3n) is 2.98. The summed E-state index contributed by atoms with van der Waals surface area (Å²) in [7, 11) is -3.67. The highest BCUT2D eigenvalue weighted by Gasteiger charge is 2.25. The molecule has 0 amide bonds. The number of halogens is 1. The molecule has 0 radical (unpaired) electrons. The minimum Gasteiger partial charge on any atom is -0.281 e. The van der Waals surface area contributed by atoms with Crippen LogP contribution in [0, 0.1) is 13.8 Å². The van der Waals surface area contributed by atoms with Gasteiger partial charge in [-0.1, -0.05) is 30.3 Å². The second kappa shape index (κ2) is 5.95. The van der Waals surface area contributed by atoms with Crippen molar-refractivity contribution < 1.29 is 8.42 Å². The van der Waals surface area contributed by atoms with Gasteiger partial charge in [0.1, 0.15) is 4.90 Å². The van der Waals surface area contributed by atoms with Crippen LogP contribution in [0.1, 0.15) is 23.0 Å². The van der Waals surface area contributed by atoms with Crippen LogP contribution in [0.25, 0.3) is 0 Å². The maximum absolute atomic E-state index is 12.4. The van der Waals surface area contributed by atoms with Gasteiger partial charge in [0.15, 0.2) is 0 Å². The molecule has 108 valence electrons. The zero-order valence-corrected chi connectivity index (χ0v) is 12.8. The number of nitrogens with one attached hydrogen (secondary N) is 2. The van der Waals surface area contributed by atoms with Crippen molar-refractivity contribution >= 4 is 21.6 Å². The molecule has 7 heteroatoms. The van der Waals surface area contributed by atoms with Crippen LogP contribution in [0.15, 0.2) is 35.2 Å². The third-order valence-corrected chi connectivity index (χ3v) is 5.03.